The van der Waals surface area contributed by atoms with Gasteiger partial charge in [0.25, 0.3) is 11.8 Å². The third-order valence-corrected chi connectivity index (χ3v) is 7.21. The van der Waals surface area contributed by atoms with E-state index in [-0.39, 0.29) is 27.4 Å². The summed E-state index contributed by atoms with van der Waals surface area (Å²) in [4.78, 5) is 37.4. The molecule has 18 heteroatoms. The van der Waals surface area contributed by atoms with E-state index in [2.05, 4.69) is 51.8 Å². The van der Waals surface area contributed by atoms with Gasteiger partial charge in [0.1, 0.15) is 19.1 Å². The molecule has 10 nitrogen and oxygen atoms in total. The summed E-state index contributed by atoms with van der Waals surface area (Å²) < 4.78 is 39.5. The smallest absolute Gasteiger partial charge is 0.398 e. The molecule has 40 heavy (non-hydrogen) atoms. The molecule has 0 atom stereocenters. The Kier molecular flexibility index (Phi) is 12.5. The van der Waals surface area contributed by atoms with Gasteiger partial charge in [-0.1, -0.05) is 23.2 Å². The lowest BCUT2D eigenvalue weighted by atomic mass is 10.2. The van der Waals surface area contributed by atoms with E-state index < -0.39 is 17.6 Å². The highest BCUT2D eigenvalue weighted by atomic mass is 79.9. The number of nitrogens with zero attached hydrogens (tertiary/aromatic N) is 4. The number of hydrogen-bond acceptors (Lipinski definition) is 10. The number of alkyl halides is 3. The lowest BCUT2D eigenvalue weighted by Crippen LogP contribution is -2.19. The van der Waals surface area contributed by atoms with Crippen molar-refractivity contribution in [1.82, 2.24) is 30.6 Å². The van der Waals surface area contributed by atoms with Gasteiger partial charge in [-0.15, -0.1) is 22.7 Å². The number of rotatable bonds is 4. The molecule has 4 heterocycles. The topological polar surface area (TPSA) is 148 Å². The van der Waals surface area contributed by atoms with Crippen LogP contribution < -0.4 is 21.7 Å². The van der Waals surface area contributed by atoms with Crippen LogP contribution in [0.4, 0.5) is 29.5 Å². The molecule has 0 radical (unpaired) electrons. The van der Waals surface area contributed by atoms with Crippen LogP contribution in [0.2, 0.25) is 10.3 Å². The first-order chi connectivity index (χ1) is 18.8. The van der Waals surface area contributed by atoms with Crippen molar-refractivity contribution in [3.05, 3.63) is 72.2 Å². The van der Waals surface area contributed by atoms with E-state index in [1.807, 2.05) is 6.92 Å². The fourth-order valence-corrected chi connectivity index (χ4v) is 4.56. The first kappa shape index (κ1) is 33.2. The third kappa shape index (κ3) is 9.55. The van der Waals surface area contributed by atoms with Crippen LogP contribution in [0.15, 0.2) is 39.3 Å². The molecule has 0 bridgehead atoms. The molecular formula is C22H20BrCl2F3N8O2S2. The van der Waals surface area contributed by atoms with Crippen LogP contribution in [-0.2, 0) is 6.18 Å². The SMILES string of the molecule is CNC(=O)c1ncsc1Br.CNC(=O)c1ncsc1Nc1cc(Cl)ncc1C(F)(F)F.Cc1cnc(Cl)cc1N. The highest BCUT2D eigenvalue weighted by Crippen LogP contribution is 2.37. The van der Waals surface area contributed by atoms with E-state index >= 15 is 0 Å². The van der Waals surface area contributed by atoms with Gasteiger partial charge in [-0.05, 0) is 40.5 Å². The summed E-state index contributed by atoms with van der Waals surface area (Å²) in [6.07, 6.45) is -2.32. The number of anilines is 3. The number of nitrogens with two attached hydrogens (primary N) is 1. The second-order valence-electron chi connectivity index (χ2n) is 7.20. The quantitative estimate of drug-likeness (QED) is 0.184. The number of nitrogen functional groups attached to an aromatic ring is 1. The predicted molar refractivity (Wildman–Crippen MR) is 155 cm³/mol. The van der Waals surface area contributed by atoms with Crippen molar-refractivity contribution >= 4 is 90.0 Å². The van der Waals surface area contributed by atoms with Crippen LogP contribution >= 0.6 is 61.8 Å². The number of pyridine rings is 2. The molecule has 5 N–H and O–H groups in total. The molecule has 4 aromatic rings. The summed E-state index contributed by atoms with van der Waals surface area (Å²) in [5.74, 6) is -0.666. The Morgan fingerprint density at radius 3 is 2.00 bits per heavy atom. The first-order valence-corrected chi connectivity index (χ1v) is 13.9. The fraction of sp³-hybridized carbons (Fsp3) is 0.182. The number of aromatic nitrogens is 4. The van der Waals surface area contributed by atoms with Crippen LogP contribution in [0, 0.1) is 6.92 Å². The van der Waals surface area contributed by atoms with Gasteiger partial charge in [-0.25, -0.2) is 19.9 Å². The standard InChI is InChI=1S/C11H8ClF3N4OS.C6H7ClN2.C5H5BrN2OS/c1-16-9(20)8-10(21-4-18-8)19-6-2-7(12)17-3-5(6)11(13,14)15;1-4-3-9-6(7)2-5(4)8;1-7-5(9)3-4(6)10-2-8-3/h2-4H,1H3,(H,16,20)(H,17,19);2-3H,1H3,(H2,8,9);2H,1H3,(H,7,9). The van der Waals surface area contributed by atoms with Crippen molar-refractivity contribution in [2.24, 2.45) is 0 Å². The summed E-state index contributed by atoms with van der Waals surface area (Å²) >= 11 is 16.7. The van der Waals surface area contributed by atoms with Crippen molar-refractivity contribution in [2.45, 2.75) is 13.1 Å². The number of nitrogens with one attached hydrogen (secondary N) is 3. The van der Waals surface area contributed by atoms with Crippen LogP contribution in [0.5, 0.6) is 0 Å². The third-order valence-electron chi connectivity index (χ3n) is 4.51. The Hall–Kier alpha value is -3.05. The first-order valence-electron chi connectivity index (χ1n) is 10.6. The minimum Gasteiger partial charge on any atom is -0.398 e. The highest BCUT2D eigenvalue weighted by molar-refractivity contribution is 9.11. The Morgan fingerprint density at radius 2 is 1.48 bits per heavy atom. The van der Waals surface area contributed by atoms with E-state index in [0.29, 0.717) is 22.7 Å². The number of thiazole rings is 2. The van der Waals surface area contributed by atoms with Gasteiger partial charge >= 0.3 is 6.18 Å². The summed E-state index contributed by atoms with van der Waals surface area (Å²) in [5, 5.41) is 7.90. The summed E-state index contributed by atoms with van der Waals surface area (Å²) in [6.45, 7) is 1.89. The maximum atomic E-state index is 12.9. The van der Waals surface area contributed by atoms with Crippen LogP contribution in [0.3, 0.4) is 0 Å². The zero-order chi connectivity index (χ0) is 30.0. The largest absolute Gasteiger partial charge is 0.419 e. The van der Waals surface area contributed by atoms with Gasteiger partial charge in [0.05, 0.1) is 22.3 Å². The molecule has 0 aromatic carbocycles. The molecule has 0 saturated carbocycles. The van der Waals surface area contributed by atoms with E-state index in [1.165, 1.54) is 23.9 Å². The molecule has 4 aromatic heterocycles. The Morgan fingerprint density at radius 1 is 0.925 bits per heavy atom. The van der Waals surface area contributed by atoms with E-state index in [1.54, 1.807) is 24.8 Å². The molecule has 0 saturated heterocycles. The Bertz CT molecular complexity index is 1470. The molecular weight excluding hydrogens is 680 g/mol. The second kappa shape index (κ2) is 15.1. The van der Waals surface area contributed by atoms with Crippen LogP contribution in [0.1, 0.15) is 32.1 Å². The van der Waals surface area contributed by atoms with Crippen molar-refractivity contribution in [3.8, 4) is 0 Å². The number of aryl methyl sites for hydroxylation is 1. The minimum absolute atomic E-state index is 0.00330. The lowest BCUT2D eigenvalue weighted by Gasteiger charge is -2.13. The summed E-state index contributed by atoms with van der Waals surface area (Å²) in [5.41, 5.74) is 9.29. The average molecular weight is 700 g/mol. The van der Waals surface area contributed by atoms with E-state index in [0.717, 1.165) is 26.8 Å². The number of halogens is 6. The molecule has 0 fully saturated rings. The molecule has 0 aliphatic rings. The molecule has 214 valence electrons. The molecule has 0 unspecified atom stereocenters. The summed E-state index contributed by atoms with van der Waals surface area (Å²) in [6, 6.07) is 2.68. The second-order valence-corrected chi connectivity index (χ2v) is 11.0. The van der Waals surface area contributed by atoms with Crippen molar-refractivity contribution < 1.29 is 22.8 Å². The average Bonchev–Trinajstić information content (AvgIpc) is 3.54. The minimum atomic E-state index is -4.60. The zero-order valence-electron chi connectivity index (χ0n) is 20.7. The highest BCUT2D eigenvalue weighted by Gasteiger charge is 2.34. The summed E-state index contributed by atoms with van der Waals surface area (Å²) in [7, 11) is 2.98. The molecule has 0 aliphatic heterocycles. The van der Waals surface area contributed by atoms with Gasteiger partial charge < -0.3 is 21.7 Å². The predicted octanol–water partition coefficient (Wildman–Crippen LogP) is 6.20. The van der Waals surface area contributed by atoms with Gasteiger partial charge in [-0.3, -0.25) is 9.59 Å². The number of carbonyl (C=O) groups is 2. The van der Waals surface area contributed by atoms with Crippen LogP contribution in [0.25, 0.3) is 0 Å². The number of hydrogen-bond donors (Lipinski definition) is 4. The van der Waals surface area contributed by atoms with E-state index in [9.17, 15) is 22.8 Å². The fourth-order valence-electron chi connectivity index (χ4n) is 2.51. The van der Waals surface area contributed by atoms with Crippen molar-refractivity contribution in [3.63, 3.8) is 0 Å². The number of amides is 2. The Labute approximate surface area is 252 Å². The van der Waals surface area contributed by atoms with Gasteiger partial charge in [0.15, 0.2) is 11.4 Å². The van der Waals surface area contributed by atoms with Gasteiger partial charge in [0, 0.05) is 32.2 Å². The van der Waals surface area contributed by atoms with Crippen molar-refractivity contribution in [2.75, 3.05) is 25.1 Å². The van der Waals surface area contributed by atoms with Gasteiger partial charge in [0.2, 0.25) is 0 Å². The molecule has 2 amide bonds. The molecule has 0 aliphatic carbocycles. The van der Waals surface area contributed by atoms with Gasteiger partial charge in [-0.2, -0.15) is 13.2 Å². The van der Waals surface area contributed by atoms with Crippen molar-refractivity contribution in [1.29, 1.82) is 0 Å². The maximum Gasteiger partial charge on any atom is 0.419 e. The maximum absolute atomic E-state index is 12.9. The Balaban J connectivity index is 0.000000243. The number of carbonyl (C=O) groups excluding carboxylic acids is 2. The lowest BCUT2D eigenvalue weighted by molar-refractivity contribution is -0.137. The monoisotopic (exact) mass is 698 g/mol. The molecule has 4 rings (SSSR count). The zero-order valence-corrected chi connectivity index (χ0v) is 25.5. The van der Waals surface area contributed by atoms with E-state index in [4.69, 9.17) is 28.9 Å². The normalized spacial score (nSPS) is 10.4. The molecule has 0 spiro atoms. The van der Waals surface area contributed by atoms with Crippen LogP contribution in [-0.4, -0.2) is 45.8 Å².